The Kier molecular flexibility index (Phi) is 4.96. The molecule has 0 amide bonds. The van der Waals surface area contributed by atoms with Crippen LogP contribution in [0.25, 0.3) is 32.3 Å². The van der Waals surface area contributed by atoms with Gasteiger partial charge in [0.1, 0.15) is 23.0 Å². The summed E-state index contributed by atoms with van der Waals surface area (Å²) in [5, 5.41) is 4.04. The Morgan fingerprint density at radius 3 is 1.31 bits per heavy atom. The SMILES string of the molecule is O=C1OC(=O)c2ccc(Oc3ccc4ccc(Oc5ccc6c7c(cccc57)C(=O)OC6=O)cc4c3)c3cccc1c23. The Labute approximate surface area is 236 Å². The number of hydrogen-bond donors (Lipinski definition) is 0. The van der Waals surface area contributed by atoms with Gasteiger partial charge in [-0.2, -0.15) is 0 Å². The highest BCUT2D eigenvalue weighted by molar-refractivity contribution is 6.22. The fourth-order valence-corrected chi connectivity index (χ4v) is 5.59. The van der Waals surface area contributed by atoms with Crippen molar-refractivity contribution >= 4 is 56.2 Å². The van der Waals surface area contributed by atoms with Crippen LogP contribution in [0.4, 0.5) is 0 Å². The molecular weight excluding hydrogens is 536 g/mol. The number of fused-ring (bicyclic) bond motifs is 1. The van der Waals surface area contributed by atoms with Crippen LogP contribution in [0.3, 0.4) is 0 Å². The van der Waals surface area contributed by atoms with Crippen molar-refractivity contribution in [3.63, 3.8) is 0 Å². The summed E-state index contributed by atoms with van der Waals surface area (Å²) in [4.78, 5) is 49.1. The van der Waals surface area contributed by atoms with Gasteiger partial charge in [-0.05, 0) is 71.4 Å². The normalized spacial score (nSPS) is 13.8. The van der Waals surface area contributed by atoms with Gasteiger partial charge in [-0.1, -0.05) is 36.4 Å². The zero-order chi connectivity index (χ0) is 28.5. The minimum atomic E-state index is -0.684. The summed E-state index contributed by atoms with van der Waals surface area (Å²) >= 11 is 0. The van der Waals surface area contributed by atoms with Crippen molar-refractivity contribution in [2.75, 3.05) is 0 Å². The molecule has 2 aliphatic heterocycles. The first kappa shape index (κ1) is 23.8. The van der Waals surface area contributed by atoms with E-state index in [1.807, 2.05) is 36.4 Å². The Bertz CT molecular complexity index is 2040. The molecule has 0 spiro atoms. The number of hydrogen-bond acceptors (Lipinski definition) is 8. The van der Waals surface area contributed by atoms with E-state index in [1.54, 1.807) is 60.7 Å². The topological polar surface area (TPSA) is 105 Å². The van der Waals surface area contributed by atoms with Crippen LogP contribution in [0, 0.1) is 0 Å². The summed E-state index contributed by atoms with van der Waals surface area (Å²) in [7, 11) is 0. The minimum absolute atomic E-state index is 0.313. The molecule has 0 saturated heterocycles. The lowest BCUT2D eigenvalue weighted by Gasteiger charge is -2.18. The molecule has 8 heteroatoms. The van der Waals surface area contributed by atoms with E-state index in [2.05, 4.69) is 0 Å². The molecule has 2 aliphatic rings. The third-order valence-corrected chi connectivity index (χ3v) is 7.49. The largest absolute Gasteiger partial charge is 0.457 e. The fraction of sp³-hybridized carbons (Fsp3) is 0. The second-order valence-corrected chi connectivity index (χ2v) is 9.91. The number of esters is 4. The van der Waals surface area contributed by atoms with E-state index in [0.29, 0.717) is 66.8 Å². The second-order valence-electron chi connectivity index (χ2n) is 9.91. The molecule has 42 heavy (non-hydrogen) atoms. The summed E-state index contributed by atoms with van der Waals surface area (Å²) in [6.07, 6.45) is 0. The predicted molar refractivity (Wildman–Crippen MR) is 151 cm³/mol. The van der Waals surface area contributed by atoms with Gasteiger partial charge in [0.05, 0.1) is 22.3 Å². The molecule has 0 unspecified atom stereocenters. The molecule has 0 radical (unpaired) electrons. The summed E-state index contributed by atoms with van der Waals surface area (Å²) in [6.45, 7) is 0. The van der Waals surface area contributed by atoms with Crippen LogP contribution in [0.5, 0.6) is 23.0 Å². The number of ether oxygens (including phenoxy) is 4. The lowest BCUT2D eigenvalue weighted by Crippen LogP contribution is -2.19. The summed E-state index contributed by atoms with van der Waals surface area (Å²) < 4.78 is 22.2. The molecule has 0 N–H and O–H groups in total. The average molecular weight is 552 g/mol. The first-order valence-corrected chi connectivity index (χ1v) is 13.0. The summed E-state index contributed by atoms with van der Waals surface area (Å²) in [5.41, 5.74) is 1.25. The molecule has 200 valence electrons. The maximum absolute atomic E-state index is 12.3. The number of carbonyl (C=O) groups is 4. The van der Waals surface area contributed by atoms with E-state index < -0.39 is 23.9 Å². The Morgan fingerprint density at radius 1 is 0.429 bits per heavy atom. The van der Waals surface area contributed by atoms with Crippen LogP contribution in [-0.4, -0.2) is 23.9 Å². The van der Waals surface area contributed by atoms with Crippen molar-refractivity contribution in [3.05, 3.63) is 119 Å². The smallest absolute Gasteiger partial charge is 0.346 e. The lowest BCUT2D eigenvalue weighted by molar-refractivity contribution is 0.0373. The highest BCUT2D eigenvalue weighted by atomic mass is 16.6. The van der Waals surface area contributed by atoms with E-state index in [0.717, 1.165) is 10.8 Å². The lowest BCUT2D eigenvalue weighted by atomic mass is 9.96. The summed E-state index contributed by atoms with van der Waals surface area (Å²) in [6, 6.07) is 28.0. The van der Waals surface area contributed by atoms with Crippen molar-refractivity contribution in [2.45, 2.75) is 0 Å². The third kappa shape index (κ3) is 3.55. The second kappa shape index (κ2) is 8.74. The first-order valence-electron chi connectivity index (χ1n) is 13.0. The van der Waals surface area contributed by atoms with Gasteiger partial charge in [0.15, 0.2) is 0 Å². The summed E-state index contributed by atoms with van der Waals surface area (Å²) in [5.74, 6) is -0.672. The molecule has 8 rings (SSSR count). The number of benzene rings is 6. The van der Waals surface area contributed by atoms with Gasteiger partial charge in [-0.25, -0.2) is 19.2 Å². The van der Waals surface area contributed by atoms with Crippen LogP contribution < -0.4 is 9.47 Å². The van der Waals surface area contributed by atoms with E-state index in [1.165, 1.54) is 0 Å². The van der Waals surface area contributed by atoms with Crippen LogP contribution in [0.2, 0.25) is 0 Å². The van der Waals surface area contributed by atoms with E-state index in [-0.39, 0.29) is 0 Å². The van der Waals surface area contributed by atoms with Crippen LogP contribution in [-0.2, 0) is 9.47 Å². The fourth-order valence-electron chi connectivity index (χ4n) is 5.59. The van der Waals surface area contributed by atoms with Crippen molar-refractivity contribution < 1.29 is 38.1 Å². The maximum Gasteiger partial charge on any atom is 0.346 e. The number of rotatable bonds is 4. The van der Waals surface area contributed by atoms with E-state index >= 15 is 0 Å². The minimum Gasteiger partial charge on any atom is -0.457 e. The van der Waals surface area contributed by atoms with Gasteiger partial charge >= 0.3 is 23.9 Å². The van der Waals surface area contributed by atoms with E-state index in [9.17, 15) is 19.2 Å². The molecule has 0 bridgehead atoms. The number of cyclic esters (lactones) is 4. The van der Waals surface area contributed by atoms with E-state index in [4.69, 9.17) is 18.9 Å². The monoisotopic (exact) mass is 552 g/mol. The Hall–Kier alpha value is -6.02. The molecule has 0 fully saturated rings. The molecule has 0 aromatic heterocycles. The molecule has 0 aliphatic carbocycles. The average Bonchev–Trinajstić information content (AvgIpc) is 2.99. The van der Waals surface area contributed by atoms with Gasteiger partial charge in [0.2, 0.25) is 0 Å². The van der Waals surface area contributed by atoms with Crippen molar-refractivity contribution in [1.82, 2.24) is 0 Å². The first-order chi connectivity index (χ1) is 20.4. The third-order valence-electron chi connectivity index (χ3n) is 7.49. The molecule has 0 saturated carbocycles. The molecule has 0 atom stereocenters. The Morgan fingerprint density at radius 2 is 0.857 bits per heavy atom. The molecule has 8 nitrogen and oxygen atoms in total. The molecule has 6 aromatic carbocycles. The van der Waals surface area contributed by atoms with Gasteiger partial charge < -0.3 is 18.9 Å². The van der Waals surface area contributed by atoms with Crippen LogP contribution in [0.1, 0.15) is 41.4 Å². The van der Waals surface area contributed by atoms with Gasteiger partial charge in [0.25, 0.3) is 0 Å². The van der Waals surface area contributed by atoms with Gasteiger partial charge in [-0.15, -0.1) is 0 Å². The zero-order valence-electron chi connectivity index (χ0n) is 21.5. The number of carbonyl (C=O) groups excluding carboxylic acids is 4. The highest BCUT2D eigenvalue weighted by Gasteiger charge is 2.29. The van der Waals surface area contributed by atoms with Gasteiger partial charge in [0, 0.05) is 21.5 Å². The van der Waals surface area contributed by atoms with Crippen LogP contribution in [0.15, 0.2) is 97.1 Å². The quantitative estimate of drug-likeness (QED) is 0.165. The van der Waals surface area contributed by atoms with Crippen molar-refractivity contribution in [1.29, 1.82) is 0 Å². The maximum atomic E-state index is 12.3. The van der Waals surface area contributed by atoms with Crippen molar-refractivity contribution in [3.8, 4) is 23.0 Å². The van der Waals surface area contributed by atoms with Crippen molar-refractivity contribution in [2.24, 2.45) is 0 Å². The van der Waals surface area contributed by atoms with Gasteiger partial charge in [-0.3, -0.25) is 0 Å². The highest BCUT2D eigenvalue weighted by Crippen LogP contribution is 2.39. The zero-order valence-corrected chi connectivity index (χ0v) is 21.5. The standard InChI is InChI=1S/C34H16O8/c35-31-23-5-1-3-21-27(13-11-25(29(21)23)33(37)41-31)39-19-9-7-17-8-10-20(16-18(17)15-19)40-28-14-12-26-30-22(28)4-2-6-24(30)32(36)42-34(26)38/h1-16H. The Balaban J connectivity index is 1.16. The predicted octanol–water partition coefficient (Wildman–Crippen LogP) is 7.35. The molecule has 6 aromatic rings. The molecule has 2 heterocycles. The molecular formula is C34H16O8. The van der Waals surface area contributed by atoms with Crippen LogP contribution >= 0.6 is 0 Å².